The average molecular weight is 322 g/mol. The van der Waals surface area contributed by atoms with Crippen molar-refractivity contribution in [2.75, 3.05) is 0 Å². The van der Waals surface area contributed by atoms with Crippen molar-refractivity contribution in [1.82, 2.24) is 19.4 Å². The minimum Gasteiger partial charge on any atom is -0.471 e. The van der Waals surface area contributed by atoms with Crippen molar-refractivity contribution in [2.24, 2.45) is 0 Å². The number of alkyl halides is 3. The first kappa shape index (κ1) is 15.3. The van der Waals surface area contributed by atoms with Crippen molar-refractivity contribution in [1.29, 1.82) is 0 Å². The number of fused-ring (bicyclic) bond motifs is 1. The van der Waals surface area contributed by atoms with E-state index in [-0.39, 0.29) is 12.5 Å². The van der Waals surface area contributed by atoms with Crippen molar-refractivity contribution in [3.63, 3.8) is 0 Å². The molecule has 3 aromatic heterocycles. The standard InChI is InChI=1S/C15H13F3N4O/c1-9-6-10(2)22-7-11(20-14(22)19-9)8-23-13-5-3-4-12(21-13)15(16,17)18/h3-7H,8H2,1-2H3. The van der Waals surface area contributed by atoms with Crippen molar-refractivity contribution in [3.8, 4) is 5.88 Å². The fraction of sp³-hybridized carbons (Fsp3) is 0.267. The molecule has 5 nitrogen and oxygen atoms in total. The van der Waals surface area contributed by atoms with Crippen LogP contribution in [0.25, 0.3) is 5.78 Å². The molecule has 0 bridgehead atoms. The Morgan fingerprint density at radius 3 is 2.65 bits per heavy atom. The second-order valence-electron chi connectivity index (χ2n) is 5.09. The zero-order chi connectivity index (χ0) is 16.6. The Balaban J connectivity index is 1.80. The van der Waals surface area contributed by atoms with Crippen LogP contribution in [0.3, 0.4) is 0 Å². The molecule has 0 unspecified atom stereocenters. The predicted molar refractivity (Wildman–Crippen MR) is 76.0 cm³/mol. The number of imidazole rings is 1. The van der Waals surface area contributed by atoms with Crippen LogP contribution in [-0.2, 0) is 12.8 Å². The molecular weight excluding hydrogens is 309 g/mol. The van der Waals surface area contributed by atoms with Crippen LogP contribution >= 0.6 is 0 Å². The van der Waals surface area contributed by atoms with E-state index in [0.29, 0.717) is 11.5 Å². The summed E-state index contributed by atoms with van der Waals surface area (Å²) in [7, 11) is 0. The highest BCUT2D eigenvalue weighted by molar-refractivity contribution is 5.34. The van der Waals surface area contributed by atoms with Crippen LogP contribution in [0.1, 0.15) is 22.8 Å². The number of rotatable bonds is 3. The molecule has 0 spiro atoms. The molecule has 0 N–H and O–H groups in total. The van der Waals surface area contributed by atoms with Gasteiger partial charge >= 0.3 is 6.18 Å². The van der Waals surface area contributed by atoms with Crippen LogP contribution in [-0.4, -0.2) is 19.4 Å². The summed E-state index contributed by atoms with van der Waals surface area (Å²) in [6.07, 6.45) is -2.76. The van der Waals surface area contributed by atoms with Gasteiger partial charge in [0, 0.05) is 23.7 Å². The summed E-state index contributed by atoms with van der Waals surface area (Å²) < 4.78 is 44.9. The zero-order valence-corrected chi connectivity index (χ0v) is 12.4. The maximum absolute atomic E-state index is 12.6. The Labute approximate surface area is 129 Å². The molecule has 120 valence electrons. The van der Waals surface area contributed by atoms with Gasteiger partial charge in [-0.25, -0.2) is 15.0 Å². The first-order valence-corrected chi connectivity index (χ1v) is 6.82. The van der Waals surface area contributed by atoms with Crippen LogP contribution in [0.4, 0.5) is 13.2 Å². The molecule has 0 fully saturated rings. The SMILES string of the molecule is Cc1cc(C)n2cc(COc3cccc(C(F)(F)F)n3)nc2n1. The van der Waals surface area contributed by atoms with Gasteiger partial charge in [0.2, 0.25) is 11.7 Å². The summed E-state index contributed by atoms with van der Waals surface area (Å²) in [4.78, 5) is 12.0. The maximum atomic E-state index is 12.6. The van der Waals surface area contributed by atoms with Crippen LogP contribution in [0.2, 0.25) is 0 Å². The first-order valence-electron chi connectivity index (χ1n) is 6.82. The van der Waals surface area contributed by atoms with Gasteiger partial charge in [0.25, 0.3) is 0 Å². The van der Waals surface area contributed by atoms with Gasteiger partial charge in [-0.15, -0.1) is 0 Å². The molecule has 0 aliphatic carbocycles. The number of nitrogens with zero attached hydrogens (tertiary/aromatic N) is 4. The van der Waals surface area contributed by atoms with E-state index in [9.17, 15) is 13.2 Å². The molecule has 0 amide bonds. The lowest BCUT2D eigenvalue weighted by Crippen LogP contribution is -2.08. The molecule has 0 aromatic carbocycles. The maximum Gasteiger partial charge on any atom is 0.433 e. The largest absolute Gasteiger partial charge is 0.471 e. The molecule has 3 aromatic rings. The van der Waals surface area contributed by atoms with Crippen LogP contribution < -0.4 is 4.74 Å². The molecule has 0 aliphatic rings. The fourth-order valence-corrected chi connectivity index (χ4v) is 2.19. The van der Waals surface area contributed by atoms with E-state index < -0.39 is 11.9 Å². The molecular formula is C15H13F3N4O. The number of hydrogen-bond donors (Lipinski definition) is 0. The smallest absolute Gasteiger partial charge is 0.433 e. The topological polar surface area (TPSA) is 52.3 Å². The van der Waals surface area contributed by atoms with E-state index in [2.05, 4.69) is 15.0 Å². The number of hydrogen-bond acceptors (Lipinski definition) is 4. The lowest BCUT2D eigenvalue weighted by Gasteiger charge is -2.08. The van der Waals surface area contributed by atoms with Crippen molar-refractivity contribution in [2.45, 2.75) is 26.6 Å². The van der Waals surface area contributed by atoms with E-state index in [0.717, 1.165) is 17.5 Å². The summed E-state index contributed by atoms with van der Waals surface area (Å²) in [6.45, 7) is 3.79. The highest BCUT2D eigenvalue weighted by atomic mass is 19.4. The Bertz CT molecular complexity index is 858. The Morgan fingerprint density at radius 2 is 1.91 bits per heavy atom. The van der Waals surface area contributed by atoms with Crippen LogP contribution in [0, 0.1) is 13.8 Å². The predicted octanol–water partition coefficient (Wildman–Crippen LogP) is 3.34. The molecule has 0 saturated carbocycles. The molecule has 0 radical (unpaired) electrons. The van der Waals surface area contributed by atoms with Crippen molar-refractivity contribution >= 4 is 5.78 Å². The number of pyridine rings is 1. The van der Waals surface area contributed by atoms with Gasteiger partial charge in [-0.1, -0.05) is 6.07 Å². The average Bonchev–Trinajstić information content (AvgIpc) is 2.88. The highest BCUT2D eigenvalue weighted by Crippen LogP contribution is 2.28. The number of aromatic nitrogens is 4. The van der Waals surface area contributed by atoms with Gasteiger partial charge in [-0.05, 0) is 26.0 Å². The number of aryl methyl sites for hydroxylation is 2. The van der Waals surface area contributed by atoms with Crippen LogP contribution in [0.5, 0.6) is 5.88 Å². The summed E-state index contributed by atoms with van der Waals surface area (Å²) in [6, 6.07) is 5.43. The monoisotopic (exact) mass is 322 g/mol. The Hall–Kier alpha value is -2.64. The zero-order valence-electron chi connectivity index (χ0n) is 12.4. The summed E-state index contributed by atoms with van der Waals surface area (Å²) in [5.41, 5.74) is 1.37. The lowest BCUT2D eigenvalue weighted by atomic mass is 10.3. The summed E-state index contributed by atoms with van der Waals surface area (Å²) in [5, 5.41) is 0. The quantitative estimate of drug-likeness (QED) is 0.742. The van der Waals surface area contributed by atoms with Crippen molar-refractivity contribution in [3.05, 3.63) is 53.2 Å². The lowest BCUT2D eigenvalue weighted by molar-refractivity contribution is -0.141. The molecule has 3 heterocycles. The Morgan fingerprint density at radius 1 is 1.13 bits per heavy atom. The summed E-state index contributed by atoms with van der Waals surface area (Å²) in [5.74, 6) is 0.427. The van der Waals surface area contributed by atoms with Crippen LogP contribution in [0.15, 0.2) is 30.5 Å². The minimum absolute atomic E-state index is 0.0101. The number of ether oxygens (including phenoxy) is 1. The van der Waals surface area contributed by atoms with Crippen molar-refractivity contribution < 1.29 is 17.9 Å². The van der Waals surface area contributed by atoms with E-state index in [4.69, 9.17) is 4.74 Å². The first-order chi connectivity index (χ1) is 10.8. The van der Waals surface area contributed by atoms with Gasteiger partial charge in [0.15, 0.2) is 0 Å². The van der Waals surface area contributed by atoms with E-state index in [1.54, 1.807) is 10.6 Å². The van der Waals surface area contributed by atoms with Gasteiger partial charge in [0.1, 0.15) is 12.3 Å². The highest BCUT2D eigenvalue weighted by Gasteiger charge is 2.32. The molecule has 0 atom stereocenters. The Kier molecular flexibility index (Phi) is 3.67. The van der Waals surface area contributed by atoms with Gasteiger partial charge < -0.3 is 4.74 Å². The second kappa shape index (κ2) is 5.53. The van der Waals surface area contributed by atoms with E-state index in [1.807, 2.05) is 19.9 Å². The van der Waals surface area contributed by atoms with Gasteiger partial charge in [-0.3, -0.25) is 4.40 Å². The van der Waals surface area contributed by atoms with Gasteiger partial charge in [-0.2, -0.15) is 13.2 Å². The third-order valence-corrected chi connectivity index (χ3v) is 3.19. The molecule has 3 rings (SSSR count). The second-order valence-corrected chi connectivity index (χ2v) is 5.09. The van der Waals surface area contributed by atoms with E-state index in [1.165, 1.54) is 12.1 Å². The molecule has 23 heavy (non-hydrogen) atoms. The molecule has 0 saturated heterocycles. The van der Waals surface area contributed by atoms with E-state index >= 15 is 0 Å². The summed E-state index contributed by atoms with van der Waals surface area (Å²) >= 11 is 0. The molecule has 0 aliphatic heterocycles. The molecule has 8 heteroatoms. The fourth-order valence-electron chi connectivity index (χ4n) is 2.19. The van der Waals surface area contributed by atoms with Gasteiger partial charge in [0.05, 0.1) is 5.69 Å². The minimum atomic E-state index is -4.50. The normalized spacial score (nSPS) is 11.9. The third kappa shape index (κ3) is 3.25. The number of halogens is 3. The third-order valence-electron chi connectivity index (χ3n) is 3.19.